The van der Waals surface area contributed by atoms with Crippen molar-refractivity contribution in [2.45, 2.75) is 19.8 Å². The zero-order valence-electron chi connectivity index (χ0n) is 11.8. The SMILES string of the molecule is CCCCN(C)C(=O)c1cc(NC)c(F)cc1[N+](=O)[O-]. The minimum Gasteiger partial charge on any atom is -0.386 e. The molecule has 0 saturated carbocycles. The third-order valence-electron chi connectivity index (χ3n) is 2.98. The van der Waals surface area contributed by atoms with Crippen LogP contribution >= 0.6 is 0 Å². The second-order valence-electron chi connectivity index (χ2n) is 4.44. The van der Waals surface area contributed by atoms with Gasteiger partial charge in [-0.2, -0.15) is 0 Å². The van der Waals surface area contributed by atoms with Crippen LogP contribution in [0.2, 0.25) is 0 Å². The molecule has 1 N–H and O–H groups in total. The molecule has 0 radical (unpaired) electrons. The van der Waals surface area contributed by atoms with Gasteiger partial charge in [0.15, 0.2) is 5.82 Å². The number of hydrogen-bond acceptors (Lipinski definition) is 4. The molecule has 0 aliphatic rings. The standard InChI is InChI=1S/C13H18FN3O3/c1-4-5-6-16(3)13(18)9-7-11(15-2)10(14)8-12(9)17(19)20/h7-8,15H,4-6H2,1-3H3. The minimum atomic E-state index is -0.757. The molecule has 0 aromatic heterocycles. The van der Waals surface area contributed by atoms with Crippen molar-refractivity contribution in [3.8, 4) is 0 Å². The van der Waals surface area contributed by atoms with Crippen LogP contribution in [0.25, 0.3) is 0 Å². The maximum atomic E-state index is 13.6. The number of anilines is 1. The monoisotopic (exact) mass is 283 g/mol. The molecule has 0 saturated heterocycles. The normalized spacial score (nSPS) is 10.2. The lowest BCUT2D eigenvalue weighted by Crippen LogP contribution is -2.28. The van der Waals surface area contributed by atoms with Crippen LogP contribution in [0.3, 0.4) is 0 Å². The molecular weight excluding hydrogens is 265 g/mol. The fourth-order valence-corrected chi connectivity index (χ4v) is 1.78. The highest BCUT2D eigenvalue weighted by atomic mass is 19.1. The van der Waals surface area contributed by atoms with Gasteiger partial charge in [0, 0.05) is 20.6 Å². The van der Waals surface area contributed by atoms with E-state index in [1.165, 1.54) is 18.0 Å². The summed E-state index contributed by atoms with van der Waals surface area (Å²) in [5.74, 6) is -1.24. The first-order valence-electron chi connectivity index (χ1n) is 6.33. The molecule has 0 unspecified atom stereocenters. The molecule has 6 nitrogen and oxygen atoms in total. The number of nitrogens with zero attached hydrogens (tertiary/aromatic N) is 2. The summed E-state index contributed by atoms with van der Waals surface area (Å²) in [5.41, 5.74) is -0.572. The summed E-state index contributed by atoms with van der Waals surface area (Å²) in [4.78, 5) is 23.8. The maximum absolute atomic E-state index is 13.6. The first-order chi connectivity index (χ1) is 9.42. The molecule has 1 rings (SSSR count). The van der Waals surface area contributed by atoms with Gasteiger partial charge >= 0.3 is 0 Å². The Kier molecular flexibility index (Phi) is 5.42. The molecular formula is C13H18FN3O3. The van der Waals surface area contributed by atoms with Crippen LogP contribution in [0.15, 0.2) is 12.1 Å². The highest BCUT2D eigenvalue weighted by Crippen LogP contribution is 2.27. The molecule has 0 bridgehead atoms. The van der Waals surface area contributed by atoms with Crippen LogP contribution in [-0.2, 0) is 0 Å². The van der Waals surface area contributed by atoms with Crippen molar-refractivity contribution in [1.82, 2.24) is 4.90 Å². The number of rotatable bonds is 6. The van der Waals surface area contributed by atoms with Crippen LogP contribution in [-0.4, -0.2) is 36.4 Å². The summed E-state index contributed by atoms with van der Waals surface area (Å²) in [6.07, 6.45) is 1.71. The number of nitrogens with one attached hydrogen (secondary N) is 1. The third kappa shape index (κ3) is 3.43. The van der Waals surface area contributed by atoms with Crippen molar-refractivity contribution >= 4 is 17.3 Å². The van der Waals surface area contributed by atoms with E-state index >= 15 is 0 Å². The quantitative estimate of drug-likeness (QED) is 0.643. The predicted octanol–water partition coefficient (Wildman–Crippen LogP) is 2.65. The highest BCUT2D eigenvalue weighted by molar-refractivity contribution is 5.99. The van der Waals surface area contributed by atoms with Crippen LogP contribution in [0.5, 0.6) is 0 Å². The Labute approximate surface area is 116 Å². The Morgan fingerprint density at radius 2 is 2.15 bits per heavy atom. The molecule has 0 atom stereocenters. The van der Waals surface area contributed by atoms with Gasteiger partial charge in [-0.05, 0) is 12.5 Å². The molecule has 110 valence electrons. The Morgan fingerprint density at radius 3 is 2.65 bits per heavy atom. The summed E-state index contributed by atoms with van der Waals surface area (Å²) < 4.78 is 13.6. The number of benzene rings is 1. The third-order valence-corrected chi connectivity index (χ3v) is 2.98. The highest BCUT2D eigenvalue weighted by Gasteiger charge is 2.25. The van der Waals surface area contributed by atoms with Gasteiger partial charge < -0.3 is 10.2 Å². The van der Waals surface area contributed by atoms with E-state index in [0.29, 0.717) is 6.54 Å². The molecule has 0 heterocycles. The number of nitro benzene ring substituents is 1. The van der Waals surface area contributed by atoms with Gasteiger partial charge in [-0.3, -0.25) is 14.9 Å². The van der Waals surface area contributed by atoms with Crippen molar-refractivity contribution in [2.75, 3.05) is 26.0 Å². The zero-order valence-corrected chi connectivity index (χ0v) is 11.8. The van der Waals surface area contributed by atoms with E-state index in [0.717, 1.165) is 18.9 Å². The zero-order chi connectivity index (χ0) is 15.3. The van der Waals surface area contributed by atoms with Crippen LogP contribution in [0.1, 0.15) is 30.1 Å². The van der Waals surface area contributed by atoms with Crippen LogP contribution in [0.4, 0.5) is 15.8 Å². The molecule has 1 aromatic carbocycles. The number of hydrogen-bond donors (Lipinski definition) is 1. The lowest BCUT2D eigenvalue weighted by molar-refractivity contribution is -0.385. The van der Waals surface area contributed by atoms with Crippen LogP contribution < -0.4 is 5.32 Å². The number of halogens is 1. The van der Waals surface area contributed by atoms with Gasteiger partial charge in [-0.25, -0.2) is 4.39 Å². The number of amides is 1. The lowest BCUT2D eigenvalue weighted by Gasteiger charge is -2.17. The van der Waals surface area contributed by atoms with E-state index in [1.807, 2.05) is 6.92 Å². The summed E-state index contributed by atoms with van der Waals surface area (Å²) in [6, 6.07) is 1.95. The van der Waals surface area contributed by atoms with E-state index in [9.17, 15) is 19.3 Å². The Balaban J connectivity index is 3.20. The first kappa shape index (κ1) is 15.9. The number of nitro groups is 1. The summed E-state index contributed by atoms with van der Waals surface area (Å²) in [7, 11) is 3.06. The molecule has 0 aliphatic heterocycles. The van der Waals surface area contributed by atoms with E-state index in [4.69, 9.17) is 0 Å². The maximum Gasteiger partial charge on any atom is 0.285 e. The van der Waals surface area contributed by atoms with E-state index in [-0.39, 0.29) is 11.3 Å². The van der Waals surface area contributed by atoms with Gasteiger partial charge in [0.05, 0.1) is 16.7 Å². The fraction of sp³-hybridized carbons (Fsp3) is 0.462. The Hall–Kier alpha value is -2.18. The largest absolute Gasteiger partial charge is 0.386 e. The van der Waals surface area contributed by atoms with E-state index in [2.05, 4.69) is 5.32 Å². The molecule has 1 aromatic rings. The van der Waals surface area contributed by atoms with Gasteiger partial charge in [0.2, 0.25) is 0 Å². The average Bonchev–Trinajstić information content (AvgIpc) is 2.43. The Morgan fingerprint density at radius 1 is 1.50 bits per heavy atom. The second-order valence-corrected chi connectivity index (χ2v) is 4.44. The minimum absolute atomic E-state index is 0.0582. The fourth-order valence-electron chi connectivity index (χ4n) is 1.78. The van der Waals surface area contributed by atoms with E-state index in [1.54, 1.807) is 7.05 Å². The van der Waals surface area contributed by atoms with Crippen molar-refractivity contribution < 1.29 is 14.1 Å². The summed E-state index contributed by atoms with van der Waals surface area (Å²) in [6.45, 7) is 2.48. The van der Waals surface area contributed by atoms with Gasteiger partial charge in [0.25, 0.3) is 11.6 Å². The molecule has 0 aliphatic carbocycles. The summed E-state index contributed by atoms with van der Waals surface area (Å²) >= 11 is 0. The van der Waals surface area contributed by atoms with Crippen molar-refractivity contribution in [3.05, 3.63) is 33.6 Å². The number of carbonyl (C=O) groups is 1. The Bertz CT molecular complexity index is 520. The molecule has 1 amide bonds. The lowest BCUT2D eigenvalue weighted by atomic mass is 10.1. The van der Waals surface area contributed by atoms with Gasteiger partial charge in [-0.1, -0.05) is 13.3 Å². The van der Waals surface area contributed by atoms with Crippen molar-refractivity contribution in [1.29, 1.82) is 0 Å². The van der Waals surface area contributed by atoms with Gasteiger partial charge in [-0.15, -0.1) is 0 Å². The van der Waals surface area contributed by atoms with E-state index < -0.39 is 22.3 Å². The average molecular weight is 283 g/mol. The number of unbranched alkanes of at least 4 members (excludes halogenated alkanes) is 1. The molecule has 20 heavy (non-hydrogen) atoms. The molecule has 7 heteroatoms. The second kappa shape index (κ2) is 6.83. The summed E-state index contributed by atoms with van der Waals surface area (Å²) in [5, 5.41) is 13.5. The predicted molar refractivity (Wildman–Crippen MR) is 74.5 cm³/mol. The first-order valence-corrected chi connectivity index (χ1v) is 6.33. The van der Waals surface area contributed by atoms with Crippen molar-refractivity contribution in [2.24, 2.45) is 0 Å². The van der Waals surface area contributed by atoms with Crippen molar-refractivity contribution in [3.63, 3.8) is 0 Å². The molecule has 0 fully saturated rings. The van der Waals surface area contributed by atoms with Gasteiger partial charge in [0.1, 0.15) is 5.56 Å². The number of carbonyl (C=O) groups excluding carboxylic acids is 1. The van der Waals surface area contributed by atoms with Crippen LogP contribution in [0, 0.1) is 15.9 Å². The topological polar surface area (TPSA) is 75.5 Å². The smallest absolute Gasteiger partial charge is 0.285 e. The molecule has 0 spiro atoms.